The van der Waals surface area contributed by atoms with E-state index in [4.69, 9.17) is 14.0 Å². The number of nitrogens with zero attached hydrogens (tertiary/aromatic N) is 5. The van der Waals surface area contributed by atoms with Crippen molar-refractivity contribution in [1.29, 1.82) is 0 Å². The average molecular weight is 592 g/mol. The normalized spacial score (nSPS) is 28.7. The Balaban J connectivity index is 1.03. The van der Waals surface area contributed by atoms with Crippen molar-refractivity contribution >= 4 is 11.6 Å². The maximum Gasteiger partial charge on any atom is 0.258 e. The minimum atomic E-state index is -2.61. The molecule has 43 heavy (non-hydrogen) atoms. The fourth-order valence-corrected chi connectivity index (χ4v) is 7.77. The SMILES string of the molecule is O=C(CC1CCC(F)(F)CC1)N(CC12CCC(c3nc(C4CC4)no3)(CC1)CC2)c1cccc(-c2nc(C3CC3)no2)c1. The molecule has 2 aromatic heterocycles. The van der Waals surface area contributed by atoms with Crippen LogP contribution in [-0.2, 0) is 10.2 Å². The van der Waals surface area contributed by atoms with E-state index >= 15 is 0 Å². The van der Waals surface area contributed by atoms with Crippen LogP contribution < -0.4 is 4.90 Å². The highest BCUT2D eigenvalue weighted by Crippen LogP contribution is 2.58. The summed E-state index contributed by atoms with van der Waals surface area (Å²) >= 11 is 0. The average Bonchev–Trinajstić information content (AvgIpc) is 3.96. The van der Waals surface area contributed by atoms with Gasteiger partial charge in [-0.2, -0.15) is 9.97 Å². The van der Waals surface area contributed by atoms with Crippen molar-refractivity contribution in [2.45, 2.75) is 119 Å². The Morgan fingerprint density at radius 3 is 2.16 bits per heavy atom. The van der Waals surface area contributed by atoms with Gasteiger partial charge in [0, 0.05) is 54.3 Å². The first-order chi connectivity index (χ1) is 20.8. The molecule has 0 spiro atoms. The highest BCUT2D eigenvalue weighted by atomic mass is 19.3. The van der Waals surface area contributed by atoms with Gasteiger partial charge in [0.25, 0.3) is 5.89 Å². The van der Waals surface area contributed by atoms with E-state index in [2.05, 4.69) is 15.3 Å². The van der Waals surface area contributed by atoms with Crippen LogP contribution in [0, 0.1) is 11.3 Å². The summed E-state index contributed by atoms with van der Waals surface area (Å²) in [5.74, 6) is 1.14. The Bertz CT molecular complexity index is 1470. The second kappa shape index (κ2) is 10.2. The third-order valence-corrected chi connectivity index (χ3v) is 11.1. The van der Waals surface area contributed by atoms with Gasteiger partial charge in [-0.15, -0.1) is 0 Å². The highest BCUT2D eigenvalue weighted by Gasteiger charge is 2.53. The number of carbonyl (C=O) groups excluding carboxylic acids is 1. The number of aromatic nitrogens is 4. The lowest BCUT2D eigenvalue weighted by Crippen LogP contribution is -2.51. The van der Waals surface area contributed by atoms with Crippen molar-refractivity contribution in [3.8, 4) is 11.5 Å². The Morgan fingerprint density at radius 1 is 0.837 bits per heavy atom. The molecule has 1 aromatic carbocycles. The number of halogens is 2. The van der Waals surface area contributed by atoms with Crippen LogP contribution in [0.15, 0.2) is 33.3 Å². The number of anilines is 1. The minimum absolute atomic E-state index is 0.00398. The Morgan fingerprint density at radius 2 is 1.49 bits per heavy atom. The van der Waals surface area contributed by atoms with Crippen LogP contribution in [-0.4, -0.2) is 38.7 Å². The fraction of sp³-hybridized carbons (Fsp3) is 0.667. The molecule has 0 radical (unpaired) electrons. The van der Waals surface area contributed by atoms with Gasteiger partial charge in [0.2, 0.25) is 17.7 Å². The zero-order valence-corrected chi connectivity index (χ0v) is 24.6. The van der Waals surface area contributed by atoms with Crippen LogP contribution in [0.5, 0.6) is 0 Å². The van der Waals surface area contributed by atoms with Crippen molar-refractivity contribution < 1.29 is 22.6 Å². The zero-order chi connectivity index (χ0) is 29.2. The largest absolute Gasteiger partial charge is 0.339 e. The van der Waals surface area contributed by atoms with Gasteiger partial charge in [0.15, 0.2) is 11.6 Å². The molecule has 6 aliphatic rings. The number of fused-ring (bicyclic) bond motifs is 3. The monoisotopic (exact) mass is 591 g/mol. The lowest BCUT2D eigenvalue weighted by Gasteiger charge is -2.53. The molecule has 0 aliphatic heterocycles. The first kappa shape index (κ1) is 27.4. The summed E-state index contributed by atoms with van der Waals surface area (Å²) in [6.45, 7) is 0.614. The van der Waals surface area contributed by atoms with E-state index in [0.717, 1.165) is 93.0 Å². The smallest absolute Gasteiger partial charge is 0.258 e. The lowest BCUT2D eigenvalue weighted by atomic mass is 9.53. The van der Waals surface area contributed by atoms with E-state index < -0.39 is 5.92 Å². The molecule has 1 amide bonds. The maximum atomic E-state index is 14.1. The van der Waals surface area contributed by atoms with Gasteiger partial charge in [-0.1, -0.05) is 16.4 Å². The van der Waals surface area contributed by atoms with Gasteiger partial charge in [-0.25, -0.2) is 8.78 Å². The molecule has 2 bridgehead atoms. The van der Waals surface area contributed by atoms with E-state index in [-0.39, 0.29) is 35.5 Å². The first-order valence-corrected chi connectivity index (χ1v) is 16.3. The van der Waals surface area contributed by atoms with E-state index in [9.17, 15) is 13.6 Å². The van der Waals surface area contributed by atoms with Crippen molar-refractivity contribution in [1.82, 2.24) is 20.3 Å². The molecule has 0 unspecified atom stereocenters. The molecular formula is C33H39F2N5O3. The van der Waals surface area contributed by atoms with Gasteiger partial charge in [-0.05, 0) is 107 Å². The molecule has 228 valence electrons. The quantitative estimate of drug-likeness (QED) is 0.251. The number of alkyl halides is 2. The van der Waals surface area contributed by atoms with Crippen LogP contribution in [0.4, 0.5) is 14.5 Å². The predicted octanol–water partition coefficient (Wildman–Crippen LogP) is 7.72. The van der Waals surface area contributed by atoms with Gasteiger partial charge in [0.05, 0.1) is 0 Å². The third kappa shape index (κ3) is 5.39. The van der Waals surface area contributed by atoms with E-state index in [1.165, 1.54) is 0 Å². The molecule has 6 saturated carbocycles. The fourth-order valence-electron chi connectivity index (χ4n) is 7.77. The summed E-state index contributed by atoms with van der Waals surface area (Å²) in [6, 6.07) is 7.82. The molecule has 0 atom stereocenters. The number of hydrogen-bond donors (Lipinski definition) is 0. The molecule has 6 aliphatic carbocycles. The topological polar surface area (TPSA) is 98.2 Å². The standard InChI is InChI=1S/C33H39F2N5O3/c34-33(35)10-8-21(9-11-33)18-26(41)40(25-3-1-2-24(19-25)29-36-27(38-42-29)22-4-5-22)20-31-12-15-32(16-13-31,17-14-31)30-37-28(39-43-30)23-6-7-23/h1-3,19,21-23H,4-18,20H2. The van der Waals surface area contributed by atoms with Gasteiger partial charge in [-0.3, -0.25) is 4.79 Å². The highest BCUT2D eigenvalue weighted by molar-refractivity contribution is 5.94. The number of hydrogen-bond acceptors (Lipinski definition) is 7. The molecule has 10 heteroatoms. The van der Waals surface area contributed by atoms with Gasteiger partial charge >= 0.3 is 0 Å². The van der Waals surface area contributed by atoms with Gasteiger partial charge in [0.1, 0.15) is 0 Å². The van der Waals surface area contributed by atoms with Crippen molar-refractivity contribution in [2.75, 3.05) is 11.4 Å². The number of benzene rings is 1. The minimum Gasteiger partial charge on any atom is -0.339 e. The maximum absolute atomic E-state index is 14.1. The van der Waals surface area contributed by atoms with Gasteiger partial charge < -0.3 is 13.9 Å². The predicted molar refractivity (Wildman–Crippen MR) is 154 cm³/mol. The summed E-state index contributed by atoms with van der Waals surface area (Å²) in [7, 11) is 0. The van der Waals surface area contributed by atoms with Crippen molar-refractivity contribution in [2.24, 2.45) is 11.3 Å². The Hall–Kier alpha value is -3.17. The molecule has 2 heterocycles. The molecule has 0 saturated heterocycles. The third-order valence-electron chi connectivity index (χ3n) is 11.1. The van der Waals surface area contributed by atoms with E-state index in [1.807, 2.05) is 29.2 Å². The van der Waals surface area contributed by atoms with Crippen LogP contribution >= 0.6 is 0 Å². The molecule has 0 N–H and O–H groups in total. The van der Waals surface area contributed by atoms with Crippen LogP contribution in [0.2, 0.25) is 0 Å². The molecule has 3 aromatic rings. The Kier molecular flexibility index (Phi) is 6.49. The second-order valence-electron chi connectivity index (χ2n) is 14.3. The van der Waals surface area contributed by atoms with Crippen molar-refractivity contribution in [3.63, 3.8) is 0 Å². The van der Waals surface area contributed by atoms with E-state index in [1.54, 1.807) is 0 Å². The molecular weight excluding hydrogens is 552 g/mol. The number of rotatable bonds is 9. The molecule has 6 fully saturated rings. The summed E-state index contributed by atoms with van der Waals surface area (Å²) in [5.41, 5.74) is 1.54. The summed E-state index contributed by atoms with van der Waals surface area (Å²) in [4.78, 5) is 25.5. The van der Waals surface area contributed by atoms with Crippen LogP contribution in [0.1, 0.15) is 126 Å². The summed E-state index contributed by atoms with van der Waals surface area (Å²) < 4.78 is 39.2. The van der Waals surface area contributed by atoms with Crippen molar-refractivity contribution in [3.05, 3.63) is 41.8 Å². The Labute approximate surface area is 250 Å². The summed E-state index contributed by atoms with van der Waals surface area (Å²) in [6.07, 6.45) is 11.2. The molecule has 8 nitrogen and oxygen atoms in total. The van der Waals surface area contributed by atoms with Crippen LogP contribution in [0.3, 0.4) is 0 Å². The molecule has 9 rings (SSSR count). The zero-order valence-electron chi connectivity index (χ0n) is 24.6. The second-order valence-corrected chi connectivity index (χ2v) is 14.3. The number of carbonyl (C=O) groups is 1. The van der Waals surface area contributed by atoms with Crippen LogP contribution in [0.25, 0.3) is 11.5 Å². The van der Waals surface area contributed by atoms with E-state index in [0.29, 0.717) is 43.5 Å². The number of amides is 1. The first-order valence-electron chi connectivity index (χ1n) is 16.3. The lowest BCUT2D eigenvalue weighted by molar-refractivity contribution is -0.121. The summed E-state index contributed by atoms with van der Waals surface area (Å²) in [5, 5.41) is 8.48.